The molecule has 1 N–H and O–H groups in total. The summed E-state index contributed by atoms with van der Waals surface area (Å²) in [6, 6.07) is 1.45. The van der Waals surface area contributed by atoms with Gasteiger partial charge in [-0.15, -0.1) is 0 Å². The zero-order chi connectivity index (χ0) is 12.7. The normalized spacial score (nSPS) is 18.0. The van der Waals surface area contributed by atoms with Crippen LogP contribution in [0.15, 0.2) is 0 Å². The molecule has 1 unspecified atom stereocenters. The van der Waals surface area contributed by atoms with Crippen LogP contribution in [0.25, 0.3) is 0 Å². The van der Waals surface area contributed by atoms with Gasteiger partial charge in [0.1, 0.15) is 0 Å². The SMILES string of the molecule is CCOCCN(CC)C(CNC1CC1)C(C)C. The van der Waals surface area contributed by atoms with Crippen molar-refractivity contribution in [1.82, 2.24) is 10.2 Å². The lowest BCUT2D eigenvalue weighted by Gasteiger charge is -2.33. The summed E-state index contributed by atoms with van der Waals surface area (Å²) >= 11 is 0. The summed E-state index contributed by atoms with van der Waals surface area (Å²) in [5.74, 6) is 0.697. The zero-order valence-corrected chi connectivity index (χ0v) is 12.0. The third-order valence-corrected chi connectivity index (χ3v) is 3.56. The van der Waals surface area contributed by atoms with Gasteiger partial charge in [-0.25, -0.2) is 0 Å². The molecule has 102 valence electrons. The van der Waals surface area contributed by atoms with E-state index < -0.39 is 0 Å². The molecule has 0 spiro atoms. The maximum Gasteiger partial charge on any atom is 0.0593 e. The van der Waals surface area contributed by atoms with E-state index >= 15 is 0 Å². The van der Waals surface area contributed by atoms with Crippen molar-refractivity contribution in [3.8, 4) is 0 Å². The molecule has 0 heterocycles. The molecule has 0 aromatic carbocycles. The number of hydrogen-bond donors (Lipinski definition) is 1. The van der Waals surface area contributed by atoms with Crippen LogP contribution < -0.4 is 5.32 Å². The van der Waals surface area contributed by atoms with Gasteiger partial charge in [0.05, 0.1) is 6.61 Å². The summed E-state index contributed by atoms with van der Waals surface area (Å²) in [6.45, 7) is 13.9. The Kier molecular flexibility index (Phi) is 7.09. The fraction of sp³-hybridized carbons (Fsp3) is 1.00. The summed E-state index contributed by atoms with van der Waals surface area (Å²) in [5.41, 5.74) is 0. The molecular formula is C14H30N2O. The summed E-state index contributed by atoms with van der Waals surface area (Å²) < 4.78 is 5.47. The third kappa shape index (κ3) is 5.84. The highest BCUT2D eigenvalue weighted by molar-refractivity contribution is 4.85. The van der Waals surface area contributed by atoms with Crippen LogP contribution in [0.1, 0.15) is 40.5 Å². The van der Waals surface area contributed by atoms with E-state index in [4.69, 9.17) is 4.74 Å². The molecule has 0 amide bonds. The average molecular weight is 242 g/mol. The molecule has 1 atom stereocenters. The number of rotatable bonds is 10. The molecule has 0 bridgehead atoms. The lowest BCUT2D eigenvalue weighted by molar-refractivity contribution is 0.0832. The molecule has 1 aliphatic rings. The van der Waals surface area contributed by atoms with Gasteiger partial charge in [0.15, 0.2) is 0 Å². The van der Waals surface area contributed by atoms with E-state index in [1.54, 1.807) is 0 Å². The lowest BCUT2D eigenvalue weighted by Crippen LogP contribution is -2.47. The number of ether oxygens (including phenoxy) is 1. The third-order valence-electron chi connectivity index (χ3n) is 3.56. The molecule has 0 aliphatic heterocycles. The van der Waals surface area contributed by atoms with Crippen LogP contribution in [0, 0.1) is 5.92 Å². The van der Waals surface area contributed by atoms with Crippen molar-refractivity contribution in [3.63, 3.8) is 0 Å². The van der Waals surface area contributed by atoms with E-state index in [2.05, 4.69) is 37.9 Å². The van der Waals surface area contributed by atoms with Crippen molar-refractivity contribution in [2.45, 2.75) is 52.6 Å². The zero-order valence-electron chi connectivity index (χ0n) is 12.0. The second-order valence-electron chi connectivity index (χ2n) is 5.32. The molecule has 0 aromatic heterocycles. The highest BCUT2D eigenvalue weighted by atomic mass is 16.5. The van der Waals surface area contributed by atoms with Crippen LogP contribution in [-0.4, -0.2) is 49.8 Å². The van der Waals surface area contributed by atoms with Crippen molar-refractivity contribution in [2.75, 3.05) is 32.8 Å². The Labute approximate surface area is 107 Å². The average Bonchev–Trinajstić information content (AvgIpc) is 3.10. The van der Waals surface area contributed by atoms with Crippen LogP contribution >= 0.6 is 0 Å². The summed E-state index contributed by atoms with van der Waals surface area (Å²) in [5, 5.41) is 3.66. The van der Waals surface area contributed by atoms with Gasteiger partial charge in [-0.2, -0.15) is 0 Å². The molecule has 0 saturated heterocycles. The van der Waals surface area contributed by atoms with E-state index in [-0.39, 0.29) is 0 Å². The second-order valence-corrected chi connectivity index (χ2v) is 5.32. The number of likely N-dealkylation sites (N-methyl/N-ethyl adjacent to an activating group) is 1. The summed E-state index contributed by atoms with van der Waals surface area (Å²) in [6.07, 6.45) is 2.74. The first-order valence-corrected chi connectivity index (χ1v) is 7.24. The van der Waals surface area contributed by atoms with E-state index in [1.807, 2.05) is 0 Å². The fourth-order valence-corrected chi connectivity index (χ4v) is 2.25. The monoisotopic (exact) mass is 242 g/mol. The first-order valence-electron chi connectivity index (χ1n) is 7.24. The van der Waals surface area contributed by atoms with Crippen LogP contribution in [0.5, 0.6) is 0 Å². The number of nitrogens with zero attached hydrogens (tertiary/aromatic N) is 1. The van der Waals surface area contributed by atoms with E-state index in [0.29, 0.717) is 12.0 Å². The predicted molar refractivity (Wildman–Crippen MR) is 73.4 cm³/mol. The topological polar surface area (TPSA) is 24.5 Å². The van der Waals surface area contributed by atoms with E-state index in [0.717, 1.165) is 38.9 Å². The van der Waals surface area contributed by atoms with Crippen LogP contribution in [0.4, 0.5) is 0 Å². The van der Waals surface area contributed by atoms with Gasteiger partial charge >= 0.3 is 0 Å². The van der Waals surface area contributed by atoms with Gasteiger partial charge in [0.2, 0.25) is 0 Å². The van der Waals surface area contributed by atoms with E-state index in [9.17, 15) is 0 Å². The Hall–Kier alpha value is -0.120. The van der Waals surface area contributed by atoms with Gasteiger partial charge in [-0.05, 0) is 32.2 Å². The van der Waals surface area contributed by atoms with Gasteiger partial charge < -0.3 is 10.1 Å². The van der Waals surface area contributed by atoms with Crippen molar-refractivity contribution in [2.24, 2.45) is 5.92 Å². The maximum absolute atomic E-state index is 5.47. The van der Waals surface area contributed by atoms with Gasteiger partial charge in [-0.3, -0.25) is 4.90 Å². The maximum atomic E-state index is 5.47. The van der Waals surface area contributed by atoms with Gasteiger partial charge in [0.25, 0.3) is 0 Å². The van der Waals surface area contributed by atoms with Gasteiger partial charge in [-0.1, -0.05) is 20.8 Å². The van der Waals surface area contributed by atoms with Crippen molar-refractivity contribution < 1.29 is 4.74 Å². The Morgan fingerprint density at radius 2 is 2.00 bits per heavy atom. The fourth-order valence-electron chi connectivity index (χ4n) is 2.25. The molecule has 1 saturated carbocycles. The molecule has 1 fully saturated rings. The minimum atomic E-state index is 0.640. The minimum absolute atomic E-state index is 0.640. The molecule has 17 heavy (non-hydrogen) atoms. The van der Waals surface area contributed by atoms with E-state index in [1.165, 1.54) is 12.8 Å². The Morgan fingerprint density at radius 1 is 1.29 bits per heavy atom. The molecule has 0 radical (unpaired) electrons. The van der Waals surface area contributed by atoms with Crippen molar-refractivity contribution in [1.29, 1.82) is 0 Å². The first-order chi connectivity index (χ1) is 8.19. The quantitative estimate of drug-likeness (QED) is 0.594. The molecule has 1 aliphatic carbocycles. The number of nitrogens with one attached hydrogen (secondary N) is 1. The van der Waals surface area contributed by atoms with Crippen molar-refractivity contribution >= 4 is 0 Å². The van der Waals surface area contributed by atoms with Crippen LogP contribution in [0.3, 0.4) is 0 Å². The van der Waals surface area contributed by atoms with Crippen LogP contribution in [0.2, 0.25) is 0 Å². The highest BCUT2D eigenvalue weighted by Gasteiger charge is 2.25. The smallest absolute Gasteiger partial charge is 0.0593 e. The Morgan fingerprint density at radius 3 is 2.47 bits per heavy atom. The minimum Gasteiger partial charge on any atom is -0.380 e. The van der Waals surface area contributed by atoms with Crippen LogP contribution in [-0.2, 0) is 4.74 Å². The highest BCUT2D eigenvalue weighted by Crippen LogP contribution is 2.19. The summed E-state index contributed by atoms with van der Waals surface area (Å²) in [4.78, 5) is 2.55. The standard InChI is InChI=1S/C14H30N2O/c1-5-16(9-10-17-6-2)14(12(3)4)11-15-13-7-8-13/h12-15H,5-11H2,1-4H3. The second kappa shape index (κ2) is 8.06. The predicted octanol–water partition coefficient (Wildman–Crippen LogP) is 2.12. The Balaban J connectivity index is 2.33. The van der Waals surface area contributed by atoms with Crippen molar-refractivity contribution in [3.05, 3.63) is 0 Å². The molecule has 3 nitrogen and oxygen atoms in total. The Bertz CT molecular complexity index is 193. The number of hydrogen-bond acceptors (Lipinski definition) is 3. The lowest BCUT2D eigenvalue weighted by atomic mass is 10.0. The molecule has 1 rings (SSSR count). The largest absolute Gasteiger partial charge is 0.380 e. The first kappa shape index (κ1) is 14.9. The molecular weight excluding hydrogens is 212 g/mol. The van der Waals surface area contributed by atoms with Gasteiger partial charge in [0, 0.05) is 31.8 Å². The molecule has 3 heteroatoms. The summed E-state index contributed by atoms with van der Waals surface area (Å²) in [7, 11) is 0. The molecule has 0 aromatic rings.